The highest BCUT2D eigenvalue weighted by Gasteiger charge is 2.40. The Morgan fingerprint density at radius 1 is 1.11 bits per heavy atom. The Morgan fingerprint density at radius 2 is 1.67 bits per heavy atom. The SMILES string of the molecule is CCC1CCC(C(O)C(C)(C)N2CCCC2)CC1. The van der Waals surface area contributed by atoms with Crippen molar-refractivity contribution >= 4 is 0 Å². The van der Waals surface area contributed by atoms with E-state index in [1.165, 1.54) is 58.0 Å². The van der Waals surface area contributed by atoms with Crippen molar-refractivity contribution in [3.05, 3.63) is 0 Å². The second-order valence-corrected chi connectivity index (χ2v) is 6.98. The van der Waals surface area contributed by atoms with Crippen LogP contribution in [0.1, 0.15) is 65.7 Å². The Kier molecular flexibility index (Phi) is 4.71. The molecule has 1 atom stereocenters. The van der Waals surface area contributed by atoms with Gasteiger partial charge in [-0.05, 0) is 64.5 Å². The summed E-state index contributed by atoms with van der Waals surface area (Å²) < 4.78 is 0. The zero-order chi connectivity index (χ0) is 13.2. The molecule has 1 heterocycles. The third-order valence-electron chi connectivity index (χ3n) is 5.56. The summed E-state index contributed by atoms with van der Waals surface area (Å²) in [5.41, 5.74) is -0.0276. The number of aliphatic hydroxyl groups excluding tert-OH is 1. The van der Waals surface area contributed by atoms with Gasteiger partial charge in [0.15, 0.2) is 0 Å². The molecular formula is C16H31NO. The van der Waals surface area contributed by atoms with Crippen molar-refractivity contribution in [2.24, 2.45) is 11.8 Å². The zero-order valence-corrected chi connectivity index (χ0v) is 12.5. The smallest absolute Gasteiger partial charge is 0.0746 e. The van der Waals surface area contributed by atoms with Crippen LogP contribution in [0.25, 0.3) is 0 Å². The normalized spacial score (nSPS) is 32.7. The van der Waals surface area contributed by atoms with Crippen molar-refractivity contribution in [1.82, 2.24) is 4.90 Å². The van der Waals surface area contributed by atoms with Crippen molar-refractivity contribution in [2.75, 3.05) is 13.1 Å². The second kappa shape index (κ2) is 5.92. The predicted octanol–water partition coefficient (Wildman–Crippen LogP) is 3.44. The summed E-state index contributed by atoms with van der Waals surface area (Å²) in [6.45, 7) is 9.14. The van der Waals surface area contributed by atoms with Crippen molar-refractivity contribution in [3.8, 4) is 0 Å². The molecule has 0 aromatic rings. The summed E-state index contributed by atoms with van der Waals surface area (Å²) in [7, 11) is 0. The van der Waals surface area contributed by atoms with Crippen molar-refractivity contribution < 1.29 is 5.11 Å². The van der Waals surface area contributed by atoms with Gasteiger partial charge in [0.05, 0.1) is 6.10 Å². The predicted molar refractivity (Wildman–Crippen MR) is 76.6 cm³/mol. The standard InChI is InChI=1S/C16H31NO/c1-4-13-7-9-14(10-8-13)15(18)16(2,3)17-11-5-6-12-17/h13-15,18H,4-12H2,1-3H3. The first-order chi connectivity index (χ1) is 8.55. The molecular weight excluding hydrogens is 222 g/mol. The molecule has 0 radical (unpaired) electrons. The summed E-state index contributed by atoms with van der Waals surface area (Å²) in [5.74, 6) is 1.45. The minimum atomic E-state index is -0.145. The van der Waals surface area contributed by atoms with Gasteiger partial charge >= 0.3 is 0 Å². The molecule has 1 N–H and O–H groups in total. The van der Waals surface area contributed by atoms with E-state index in [1.807, 2.05) is 0 Å². The van der Waals surface area contributed by atoms with Gasteiger partial charge in [0, 0.05) is 5.54 Å². The molecule has 2 aliphatic rings. The average molecular weight is 253 g/mol. The monoisotopic (exact) mass is 253 g/mol. The molecule has 0 aromatic heterocycles. The highest BCUT2D eigenvalue weighted by atomic mass is 16.3. The van der Waals surface area contributed by atoms with E-state index >= 15 is 0 Å². The van der Waals surface area contributed by atoms with Gasteiger partial charge in [-0.3, -0.25) is 4.90 Å². The van der Waals surface area contributed by atoms with Gasteiger partial charge in [-0.1, -0.05) is 26.2 Å². The van der Waals surface area contributed by atoms with Crippen molar-refractivity contribution in [3.63, 3.8) is 0 Å². The minimum absolute atomic E-state index is 0.0276. The molecule has 1 saturated heterocycles. The Morgan fingerprint density at radius 3 is 2.17 bits per heavy atom. The van der Waals surface area contributed by atoms with E-state index in [2.05, 4.69) is 25.7 Å². The van der Waals surface area contributed by atoms with Gasteiger partial charge in [-0.25, -0.2) is 0 Å². The van der Waals surface area contributed by atoms with Crippen molar-refractivity contribution in [2.45, 2.75) is 77.4 Å². The Bertz CT molecular complexity index is 250. The Labute approximate surface area is 113 Å². The highest BCUT2D eigenvalue weighted by molar-refractivity contribution is 4.95. The maximum atomic E-state index is 10.8. The largest absolute Gasteiger partial charge is 0.391 e. The van der Waals surface area contributed by atoms with Crippen LogP contribution in [0.5, 0.6) is 0 Å². The van der Waals surface area contributed by atoms with E-state index in [0.717, 1.165) is 5.92 Å². The van der Waals surface area contributed by atoms with Gasteiger partial charge in [-0.15, -0.1) is 0 Å². The lowest BCUT2D eigenvalue weighted by molar-refractivity contribution is -0.0452. The van der Waals surface area contributed by atoms with Crippen LogP contribution in [-0.2, 0) is 0 Å². The molecule has 18 heavy (non-hydrogen) atoms. The molecule has 2 heteroatoms. The third-order valence-corrected chi connectivity index (χ3v) is 5.56. The average Bonchev–Trinajstić information content (AvgIpc) is 2.92. The molecule has 1 unspecified atom stereocenters. The number of hydrogen-bond donors (Lipinski definition) is 1. The molecule has 106 valence electrons. The van der Waals surface area contributed by atoms with E-state index in [1.54, 1.807) is 0 Å². The molecule has 2 rings (SSSR count). The fourth-order valence-corrected chi connectivity index (χ4v) is 3.97. The quantitative estimate of drug-likeness (QED) is 0.829. The molecule has 0 aromatic carbocycles. The minimum Gasteiger partial charge on any atom is -0.391 e. The van der Waals surface area contributed by atoms with E-state index in [4.69, 9.17) is 0 Å². The first kappa shape index (κ1) is 14.3. The van der Waals surface area contributed by atoms with Gasteiger partial charge in [0.2, 0.25) is 0 Å². The first-order valence-corrected chi connectivity index (χ1v) is 7.98. The molecule has 0 spiro atoms. The lowest BCUT2D eigenvalue weighted by atomic mass is 9.74. The number of nitrogens with zero attached hydrogens (tertiary/aromatic N) is 1. The highest BCUT2D eigenvalue weighted by Crippen LogP contribution is 2.37. The molecule has 1 aliphatic carbocycles. The van der Waals surface area contributed by atoms with Crippen LogP contribution >= 0.6 is 0 Å². The third kappa shape index (κ3) is 2.91. The van der Waals surface area contributed by atoms with E-state index in [0.29, 0.717) is 5.92 Å². The van der Waals surface area contributed by atoms with Crippen molar-refractivity contribution in [1.29, 1.82) is 0 Å². The van der Waals surface area contributed by atoms with Crippen LogP contribution in [-0.4, -0.2) is 34.7 Å². The lowest BCUT2D eigenvalue weighted by Gasteiger charge is -2.44. The Hall–Kier alpha value is -0.0800. The zero-order valence-electron chi connectivity index (χ0n) is 12.5. The van der Waals surface area contributed by atoms with E-state index < -0.39 is 0 Å². The first-order valence-electron chi connectivity index (χ1n) is 7.98. The molecule has 2 fully saturated rings. The van der Waals surface area contributed by atoms with Crippen LogP contribution in [0.4, 0.5) is 0 Å². The molecule has 0 bridgehead atoms. The summed E-state index contributed by atoms with van der Waals surface area (Å²) in [6, 6.07) is 0. The molecule has 1 aliphatic heterocycles. The van der Waals surface area contributed by atoms with Crippen LogP contribution in [0, 0.1) is 11.8 Å². The maximum Gasteiger partial charge on any atom is 0.0746 e. The van der Waals surface area contributed by atoms with Crippen LogP contribution in [0.15, 0.2) is 0 Å². The number of rotatable bonds is 4. The van der Waals surface area contributed by atoms with E-state index in [-0.39, 0.29) is 11.6 Å². The fourth-order valence-electron chi connectivity index (χ4n) is 3.97. The number of likely N-dealkylation sites (tertiary alicyclic amines) is 1. The van der Waals surface area contributed by atoms with E-state index in [9.17, 15) is 5.11 Å². The fraction of sp³-hybridized carbons (Fsp3) is 1.00. The topological polar surface area (TPSA) is 23.5 Å². The Balaban J connectivity index is 1.91. The summed E-state index contributed by atoms with van der Waals surface area (Å²) in [6.07, 6.45) is 8.90. The summed E-state index contributed by atoms with van der Waals surface area (Å²) >= 11 is 0. The summed E-state index contributed by atoms with van der Waals surface area (Å²) in [4.78, 5) is 2.50. The lowest BCUT2D eigenvalue weighted by Crippen LogP contribution is -2.54. The van der Waals surface area contributed by atoms with Gasteiger partial charge in [0.1, 0.15) is 0 Å². The van der Waals surface area contributed by atoms with Gasteiger partial charge < -0.3 is 5.11 Å². The number of aliphatic hydroxyl groups is 1. The van der Waals surface area contributed by atoms with Gasteiger partial charge in [-0.2, -0.15) is 0 Å². The maximum absolute atomic E-state index is 10.8. The van der Waals surface area contributed by atoms with Crippen LogP contribution in [0.3, 0.4) is 0 Å². The molecule has 1 saturated carbocycles. The van der Waals surface area contributed by atoms with Gasteiger partial charge in [0.25, 0.3) is 0 Å². The molecule has 0 amide bonds. The van der Waals surface area contributed by atoms with Crippen LogP contribution in [0.2, 0.25) is 0 Å². The molecule has 2 nitrogen and oxygen atoms in total. The second-order valence-electron chi connectivity index (χ2n) is 6.98. The van der Waals surface area contributed by atoms with Crippen LogP contribution < -0.4 is 0 Å². The summed E-state index contributed by atoms with van der Waals surface area (Å²) in [5, 5.41) is 10.8. The number of hydrogen-bond acceptors (Lipinski definition) is 2.